The van der Waals surface area contributed by atoms with Crippen molar-refractivity contribution in [2.75, 3.05) is 5.32 Å². The monoisotopic (exact) mass is 404 g/mol. The van der Waals surface area contributed by atoms with E-state index in [1.165, 1.54) is 29.4 Å². The van der Waals surface area contributed by atoms with E-state index in [1.807, 2.05) is 6.92 Å². The molecule has 1 aliphatic carbocycles. The zero-order valence-corrected chi connectivity index (χ0v) is 16.8. The molecule has 2 aromatic heterocycles. The smallest absolute Gasteiger partial charge is 0.269 e. The lowest BCUT2D eigenvalue weighted by molar-refractivity contribution is 0.285. The molecule has 0 saturated heterocycles. The molecule has 1 N–H and O–H groups in total. The Morgan fingerprint density at radius 2 is 1.89 bits per heavy atom. The zero-order chi connectivity index (χ0) is 19.2. The molecule has 142 valence electrons. The standard InChI is InChI=1S/C19H21ClN4O2S/c1-12-6-8-15(9-7-12)27(25,26)24-11-10-16-17(22-19(20)23-18(16)24)21-13(2)14-4-3-5-14/h6-11,13-14H,3-5H2,1-2H3,(H,21,22,23)/t13-/m0/s1. The molecule has 3 aromatic rings. The molecule has 1 atom stereocenters. The van der Waals surface area contributed by atoms with Crippen LogP contribution in [0.3, 0.4) is 0 Å². The second kappa shape index (κ2) is 6.80. The van der Waals surface area contributed by atoms with Crippen molar-refractivity contribution >= 4 is 38.5 Å². The van der Waals surface area contributed by atoms with Crippen molar-refractivity contribution < 1.29 is 8.42 Å². The Labute approximate surface area is 163 Å². The third kappa shape index (κ3) is 3.30. The van der Waals surface area contributed by atoms with Crippen molar-refractivity contribution in [1.82, 2.24) is 13.9 Å². The van der Waals surface area contributed by atoms with Crippen LogP contribution in [0.5, 0.6) is 0 Å². The first-order valence-corrected chi connectivity index (χ1v) is 10.8. The van der Waals surface area contributed by atoms with Gasteiger partial charge in [0, 0.05) is 12.2 Å². The van der Waals surface area contributed by atoms with Crippen LogP contribution >= 0.6 is 11.6 Å². The molecular weight excluding hydrogens is 384 g/mol. The lowest BCUT2D eigenvalue weighted by Crippen LogP contribution is -2.31. The highest BCUT2D eigenvalue weighted by atomic mass is 35.5. The highest BCUT2D eigenvalue weighted by Crippen LogP contribution is 2.33. The molecule has 0 bridgehead atoms. The zero-order valence-electron chi connectivity index (χ0n) is 15.2. The second-order valence-corrected chi connectivity index (χ2v) is 9.29. The highest BCUT2D eigenvalue weighted by Gasteiger charge is 2.26. The molecule has 4 rings (SSSR count). The predicted molar refractivity (Wildman–Crippen MR) is 107 cm³/mol. The molecule has 6 nitrogen and oxygen atoms in total. The van der Waals surface area contributed by atoms with Gasteiger partial charge in [-0.1, -0.05) is 24.1 Å². The molecule has 0 unspecified atom stereocenters. The van der Waals surface area contributed by atoms with Gasteiger partial charge in [-0.25, -0.2) is 17.4 Å². The molecule has 1 fully saturated rings. The lowest BCUT2D eigenvalue weighted by Gasteiger charge is -2.32. The quantitative estimate of drug-likeness (QED) is 0.644. The molecule has 0 spiro atoms. The Morgan fingerprint density at radius 3 is 2.52 bits per heavy atom. The molecule has 0 amide bonds. The Morgan fingerprint density at radius 1 is 1.19 bits per heavy atom. The van der Waals surface area contributed by atoms with Crippen molar-refractivity contribution in [2.45, 2.75) is 44.0 Å². The van der Waals surface area contributed by atoms with Gasteiger partial charge in [-0.2, -0.15) is 4.98 Å². The van der Waals surface area contributed by atoms with E-state index in [4.69, 9.17) is 11.6 Å². The van der Waals surface area contributed by atoms with Gasteiger partial charge in [-0.3, -0.25) is 0 Å². The number of nitrogens with zero attached hydrogens (tertiary/aromatic N) is 3. The molecule has 2 heterocycles. The fraction of sp³-hybridized carbons (Fsp3) is 0.368. The van der Waals surface area contributed by atoms with Crippen LogP contribution in [0.1, 0.15) is 31.7 Å². The van der Waals surface area contributed by atoms with E-state index < -0.39 is 10.0 Å². The number of nitrogens with one attached hydrogen (secondary N) is 1. The molecule has 0 radical (unpaired) electrons. The SMILES string of the molecule is Cc1ccc(S(=O)(=O)n2ccc3c(N[C@@H](C)C4CCC4)nc(Cl)nc32)cc1. The van der Waals surface area contributed by atoms with Gasteiger partial charge in [0.25, 0.3) is 10.0 Å². The lowest BCUT2D eigenvalue weighted by atomic mass is 9.80. The number of aryl methyl sites for hydroxylation is 1. The first-order valence-electron chi connectivity index (χ1n) is 8.99. The summed E-state index contributed by atoms with van der Waals surface area (Å²) in [5, 5.41) is 4.05. The maximum atomic E-state index is 13.1. The molecule has 1 aliphatic rings. The van der Waals surface area contributed by atoms with Gasteiger partial charge in [0.2, 0.25) is 5.28 Å². The summed E-state index contributed by atoms with van der Waals surface area (Å²) in [5.41, 5.74) is 1.27. The van der Waals surface area contributed by atoms with Gasteiger partial charge in [-0.05, 0) is 62.4 Å². The number of aromatic nitrogens is 3. The summed E-state index contributed by atoms with van der Waals surface area (Å²) in [4.78, 5) is 8.69. The third-order valence-electron chi connectivity index (χ3n) is 5.28. The van der Waals surface area contributed by atoms with Gasteiger partial charge in [0.05, 0.1) is 10.3 Å². The van der Waals surface area contributed by atoms with E-state index in [0.29, 0.717) is 17.1 Å². The number of hydrogen-bond donors (Lipinski definition) is 1. The van der Waals surface area contributed by atoms with Crippen molar-refractivity contribution in [3.8, 4) is 0 Å². The van der Waals surface area contributed by atoms with Gasteiger partial charge >= 0.3 is 0 Å². The van der Waals surface area contributed by atoms with Crippen LogP contribution in [0.25, 0.3) is 11.0 Å². The number of halogens is 1. The minimum atomic E-state index is -3.77. The number of fused-ring (bicyclic) bond motifs is 1. The number of hydrogen-bond acceptors (Lipinski definition) is 5. The summed E-state index contributed by atoms with van der Waals surface area (Å²) in [6, 6.07) is 8.69. The summed E-state index contributed by atoms with van der Waals surface area (Å²) in [6.45, 7) is 4.03. The number of benzene rings is 1. The minimum absolute atomic E-state index is 0.0184. The van der Waals surface area contributed by atoms with Crippen LogP contribution in [-0.4, -0.2) is 28.4 Å². The average Bonchev–Trinajstić information content (AvgIpc) is 2.98. The summed E-state index contributed by atoms with van der Waals surface area (Å²) in [7, 11) is -3.77. The van der Waals surface area contributed by atoms with E-state index in [0.717, 1.165) is 5.56 Å². The number of anilines is 1. The fourth-order valence-electron chi connectivity index (χ4n) is 3.37. The summed E-state index contributed by atoms with van der Waals surface area (Å²) in [5.74, 6) is 1.18. The highest BCUT2D eigenvalue weighted by molar-refractivity contribution is 7.90. The first kappa shape index (κ1) is 18.3. The topological polar surface area (TPSA) is 76.9 Å². The Kier molecular flexibility index (Phi) is 4.60. The van der Waals surface area contributed by atoms with E-state index in [-0.39, 0.29) is 21.9 Å². The van der Waals surface area contributed by atoms with Gasteiger partial charge < -0.3 is 5.32 Å². The summed E-state index contributed by atoms with van der Waals surface area (Å²) >= 11 is 6.11. The molecule has 1 saturated carbocycles. The second-order valence-electron chi connectivity index (χ2n) is 7.13. The van der Waals surface area contributed by atoms with Gasteiger partial charge in [-0.15, -0.1) is 0 Å². The van der Waals surface area contributed by atoms with Crippen LogP contribution in [0.15, 0.2) is 41.4 Å². The van der Waals surface area contributed by atoms with Crippen LogP contribution in [-0.2, 0) is 10.0 Å². The van der Waals surface area contributed by atoms with Gasteiger partial charge in [0.1, 0.15) is 5.82 Å². The van der Waals surface area contributed by atoms with E-state index in [2.05, 4.69) is 22.2 Å². The minimum Gasteiger partial charge on any atom is -0.367 e. The molecule has 0 aliphatic heterocycles. The number of rotatable bonds is 5. The average molecular weight is 405 g/mol. The first-order chi connectivity index (χ1) is 12.9. The van der Waals surface area contributed by atoms with E-state index in [9.17, 15) is 8.42 Å². The summed E-state index contributed by atoms with van der Waals surface area (Å²) in [6.07, 6.45) is 5.14. The molecule has 27 heavy (non-hydrogen) atoms. The van der Waals surface area contributed by atoms with E-state index >= 15 is 0 Å². The third-order valence-corrected chi connectivity index (χ3v) is 7.13. The van der Waals surface area contributed by atoms with Gasteiger partial charge in [0.15, 0.2) is 5.65 Å². The van der Waals surface area contributed by atoms with Crippen LogP contribution < -0.4 is 5.32 Å². The Bertz CT molecular complexity index is 1090. The van der Waals surface area contributed by atoms with Crippen molar-refractivity contribution in [2.24, 2.45) is 5.92 Å². The largest absolute Gasteiger partial charge is 0.367 e. The fourth-order valence-corrected chi connectivity index (χ4v) is 4.83. The molecular formula is C19H21ClN4O2S. The summed E-state index contributed by atoms with van der Waals surface area (Å²) < 4.78 is 27.3. The van der Waals surface area contributed by atoms with Crippen LogP contribution in [0, 0.1) is 12.8 Å². The van der Waals surface area contributed by atoms with Crippen LogP contribution in [0.4, 0.5) is 5.82 Å². The van der Waals surface area contributed by atoms with Crippen molar-refractivity contribution in [3.63, 3.8) is 0 Å². The van der Waals surface area contributed by atoms with Crippen molar-refractivity contribution in [1.29, 1.82) is 0 Å². The van der Waals surface area contributed by atoms with Crippen LogP contribution in [0.2, 0.25) is 5.28 Å². The maximum Gasteiger partial charge on any atom is 0.269 e. The maximum absolute atomic E-state index is 13.1. The normalized spacial score (nSPS) is 16.3. The van der Waals surface area contributed by atoms with Crippen molar-refractivity contribution in [3.05, 3.63) is 47.4 Å². The van der Waals surface area contributed by atoms with E-state index in [1.54, 1.807) is 30.3 Å². The Balaban J connectivity index is 1.78. The molecule has 1 aromatic carbocycles. The Hall–Kier alpha value is -2.12. The predicted octanol–water partition coefficient (Wildman–Crippen LogP) is 4.23. The molecule has 8 heteroatoms.